The first-order chi connectivity index (χ1) is 9.57. The van der Waals surface area contributed by atoms with E-state index in [2.05, 4.69) is 5.32 Å². The number of benzene rings is 1. The van der Waals surface area contributed by atoms with E-state index in [0.29, 0.717) is 23.5 Å². The van der Waals surface area contributed by atoms with Gasteiger partial charge in [0.05, 0.1) is 25.9 Å². The van der Waals surface area contributed by atoms with Gasteiger partial charge in [-0.3, -0.25) is 9.69 Å². The number of hydrogen-bond donors (Lipinski definition) is 2. The van der Waals surface area contributed by atoms with Crippen LogP contribution in [0.2, 0.25) is 0 Å². The molecule has 0 spiro atoms. The summed E-state index contributed by atoms with van der Waals surface area (Å²) in [5.41, 5.74) is 2.04. The van der Waals surface area contributed by atoms with Crippen molar-refractivity contribution < 1.29 is 14.6 Å². The fourth-order valence-corrected chi connectivity index (χ4v) is 2.01. The normalized spacial score (nSPS) is 9.75. The number of amides is 1. The smallest absolute Gasteiger partial charge is 0.221 e. The largest absolute Gasteiger partial charge is 0.496 e. The number of nitriles is 1. The Balaban J connectivity index is 3.37. The number of nitrogens with zero attached hydrogens (tertiary/aromatic N) is 2. The number of rotatable bonds is 6. The molecular formula is C14H19N3O3. The maximum absolute atomic E-state index is 11.2. The molecule has 1 aromatic carbocycles. The fraction of sp³-hybridized carbons (Fsp3) is 0.429. The number of nitrogens with one attached hydrogen (secondary N) is 1. The summed E-state index contributed by atoms with van der Waals surface area (Å²) < 4.78 is 5.32. The second kappa shape index (κ2) is 7.36. The number of aliphatic hydroxyl groups excluding tert-OH is 1. The molecule has 6 heteroatoms. The zero-order chi connectivity index (χ0) is 15.1. The van der Waals surface area contributed by atoms with Gasteiger partial charge in [0, 0.05) is 24.2 Å². The van der Waals surface area contributed by atoms with E-state index in [1.165, 1.54) is 11.8 Å². The van der Waals surface area contributed by atoms with Crippen molar-refractivity contribution in [2.45, 2.75) is 20.3 Å². The predicted octanol–water partition coefficient (Wildman–Crippen LogP) is 1.50. The molecule has 0 saturated carbocycles. The van der Waals surface area contributed by atoms with Crippen LogP contribution in [0.25, 0.3) is 0 Å². The lowest BCUT2D eigenvalue weighted by atomic mass is 10.1. The maximum Gasteiger partial charge on any atom is 0.221 e. The van der Waals surface area contributed by atoms with E-state index in [1.807, 2.05) is 13.1 Å². The number of carbonyl (C=O) groups is 1. The van der Waals surface area contributed by atoms with Gasteiger partial charge in [-0.1, -0.05) is 6.92 Å². The molecule has 0 heterocycles. The summed E-state index contributed by atoms with van der Waals surface area (Å²) >= 11 is 0. The van der Waals surface area contributed by atoms with Crippen LogP contribution in [0.15, 0.2) is 12.1 Å². The molecule has 0 fully saturated rings. The molecule has 0 bridgehead atoms. The van der Waals surface area contributed by atoms with E-state index in [0.717, 1.165) is 5.56 Å². The third-order valence-electron chi connectivity index (χ3n) is 2.81. The molecule has 0 aliphatic carbocycles. The third-order valence-corrected chi connectivity index (χ3v) is 2.81. The van der Waals surface area contributed by atoms with Gasteiger partial charge < -0.3 is 15.2 Å². The molecule has 6 nitrogen and oxygen atoms in total. The van der Waals surface area contributed by atoms with Crippen LogP contribution in [0, 0.1) is 11.5 Å². The van der Waals surface area contributed by atoms with Gasteiger partial charge in [0.25, 0.3) is 0 Å². The molecule has 0 saturated heterocycles. The Labute approximate surface area is 118 Å². The lowest BCUT2D eigenvalue weighted by Gasteiger charge is -2.21. The van der Waals surface area contributed by atoms with Crippen molar-refractivity contribution in [3.05, 3.63) is 17.7 Å². The van der Waals surface area contributed by atoms with Crippen LogP contribution in [0.5, 0.6) is 5.75 Å². The van der Waals surface area contributed by atoms with Gasteiger partial charge in [-0.25, -0.2) is 0 Å². The number of aliphatic hydroxyl groups is 1. The summed E-state index contributed by atoms with van der Waals surface area (Å²) in [6.07, 6.45) is 2.70. The second-order valence-electron chi connectivity index (χ2n) is 4.19. The average Bonchev–Trinajstić information content (AvgIpc) is 2.43. The first-order valence-electron chi connectivity index (χ1n) is 6.34. The van der Waals surface area contributed by atoms with Crippen LogP contribution in [0.1, 0.15) is 19.4 Å². The van der Waals surface area contributed by atoms with Crippen LogP contribution in [0.4, 0.5) is 11.4 Å². The predicted molar refractivity (Wildman–Crippen MR) is 76.7 cm³/mol. The molecule has 108 valence electrons. The molecule has 0 aliphatic rings. The summed E-state index contributed by atoms with van der Waals surface area (Å²) in [4.78, 5) is 12.6. The molecule has 0 aliphatic heterocycles. The Bertz CT molecular complexity index is 523. The highest BCUT2D eigenvalue weighted by Gasteiger charge is 2.16. The van der Waals surface area contributed by atoms with E-state index in [4.69, 9.17) is 9.84 Å². The minimum atomic E-state index is -0.201. The van der Waals surface area contributed by atoms with E-state index < -0.39 is 0 Å². The lowest BCUT2D eigenvalue weighted by molar-refractivity contribution is -0.114. The highest BCUT2D eigenvalue weighted by atomic mass is 16.5. The van der Waals surface area contributed by atoms with Crippen LogP contribution in [0.3, 0.4) is 0 Å². The van der Waals surface area contributed by atoms with E-state index >= 15 is 0 Å². The van der Waals surface area contributed by atoms with Gasteiger partial charge in [0.1, 0.15) is 5.75 Å². The lowest BCUT2D eigenvalue weighted by Crippen LogP contribution is -2.22. The summed E-state index contributed by atoms with van der Waals surface area (Å²) in [5.74, 6) is 0.403. The average molecular weight is 277 g/mol. The van der Waals surface area contributed by atoms with E-state index in [9.17, 15) is 10.1 Å². The SMILES string of the molecule is CCc1c(OC)cc(NC(C)=O)cc1N(C#N)CCO. The molecule has 0 atom stereocenters. The molecule has 1 amide bonds. The van der Waals surface area contributed by atoms with Crippen molar-refractivity contribution >= 4 is 17.3 Å². The number of hydrogen-bond acceptors (Lipinski definition) is 5. The molecule has 0 aromatic heterocycles. The van der Waals surface area contributed by atoms with Crippen molar-refractivity contribution in [1.82, 2.24) is 0 Å². The summed E-state index contributed by atoms with van der Waals surface area (Å²) in [6, 6.07) is 3.43. The first-order valence-corrected chi connectivity index (χ1v) is 6.34. The highest BCUT2D eigenvalue weighted by Crippen LogP contribution is 2.34. The molecule has 0 radical (unpaired) electrons. The van der Waals surface area contributed by atoms with Crippen LogP contribution in [-0.4, -0.2) is 31.3 Å². The Morgan fingerprint density at radius 3 is 2.70 bits per heavy atom. The summed E-state index contributed by atoms with van der Waals surface area (Å²) in [5, 5.41) is 20.9. The van der Waals surface area contributed by atoms with E-state index in [-0.39, 0.29) is 19.1 Å². The molecule has 20 heavy (non-hydrogen) atoms. The Morgan fingerprint density at radius 2 is 2.25 bits per heavy atom. The maximum atomic E-state index is 11.2. The van der Waals surface area contributed by atoms with Crippen LogP contribution >= 0.6 is 0 Å². The zero-order valence-electron chi connectivity index (χ0n) is 11.9. The third kappa shape index (κ3) is 3.62. The second-order valence-corrected chi connectivity index (χ2v) is 4.19. The molecule has 1 aromatic rings. The van der Waals surface area contributed by atoms with Crippen LogP contribution < -0.4 is 15.0 Å². The topological polar surface area (TPSA) is 85.6 Å². The van der Waals surface area contributed by atoms with Crippen molar-refractivity contribution in [3.8, 4) is 11.9 Å². The quantitative estimate of drug-likeness (QED) is 0.608. The highest BCUT2D eigenvalue weighted by molar-refractivity contribution is 5.90. The minimum absolute atomic E-state index is 0.136. The first kappa shape index (κ1) is 15.8. The van der Waals surface area contributed by atoms with Gasteiger partial charge in [-0.15, -0.1) is 0 Å². The number of anilines is 2. The number of methoxy groups -OCH3 is 1. The van der Waals surface area contributed by atoms with Gasteiger partial charge in [0.15, 0.2) is 6.19 Å². The minimum Gasteiger partial charge on any atom is -0.496 e. The molecule has 1 rings (SSSR count). The number of ether oxygens (including phenoxy) is 1. The van der Waals surface area contributed by atoms with Crippen LogP contribution in [-0.2, 0) is 11.2 Å². The summed E-state index contributed by atoms with van der Waals surface area (Å²) in [6.45, 7) is 3.42. The van der Waals surface area contributed by atoms with Crippen molar-refractivity contribution in [2.24, 2.45) is 0 Å². The Kier molecular flexibility index (Phi) is 5.81. The van der Waals surface area contributed by atoms with Gasteiger partial charge in [-0.2, -0.15) is 5.26 Å². The molecule has 0 unspecified atom stereocenters. The van der Waals surface area contributed by atoms with E-state index in [1.54, 1.807) is 19.2 Å². The standard InChI is InChI=1S/C14H19N3O3/c1-4-12-13(17(9-15)5-6-18)7-11(16-10(2)19)8-14(12)20-3/h7-8,18H,4-6H2,1-3H3,(H,16,19). The van der Waals surface area contributed by atoms with Crippen molar-refractivity contribution in [1.29, 1.82) is 5.26 Å². The van der Waals surface area contributed by atoms with Gasteiger partial charge in [0.2, 0.25) is 5.91 Å². The zero-order valence-corrected chi connectivity index (χ0v) is 11.9. The summed E-state index contributed by atoms with van der Waals surface area (Å²) in [7, 11) is 1.54. The van der Waals surface area contributed by atoms with Gasteiger partial charge >= 0.3 is 0 Å². The van der Waals surface area contributed by atoms with Crippen molar-refractivity contribution in [3.63, 3.8) is 0 Å². The monoisotopic (exact) mass is 277 g/mol. The Hall–Kier alpha value is -2.26. The molecular weight excluding hydrogens is 258 g/mol. The van der Waals surface area contributed by atoms with Crippen molar-refractivity contribution in [2.75, 3.05) is 30.5 Å². The molecule has 2 N–H and O–H groups in total. The number of carbonyl (C=O) groups excluding carboxylic acids is 1. The van der Waals surface area contributed by atoms with Gasteiger partial charge in [-0.05, 0) is 12.5 Å². The fourth-order valence-electron chi connectivity index (χ4n) is 2.01. The Morgan fingerprint density at radius 1 is 1.55 bits per heavy atom.